The Kier molecular flexibility index (Phi) is 6.21. The highest BCUT2D eigenvalue weighted by atomic mass is 35.5. The topological polar surface area (TPSA) is 70.2 Å². The third kappa shape index (κ3) is 4.71. The standard InChI is InChI=1S/C16H22ClN3O2/c1-11(12-6-2-3-7-13(12)17)19-10-15(21)20-14-8-4-5-9-18-16(14)22/h2-3,6-7,11,14,19H,4-5,8-10H2,1H3,(H,18,22)(H,20,21)/t11-,14+/m1/s1. The molecule has 0 bridgehead atoms. The smallest absolute Gasteiger partial charge is 0.242 e. The van der Waals surface area contributed by atoms with Crippen molar-refractivity contribution in [3.8, 4) is 0 Å². The van der Waals surface area contributed by atoms with Crippen molar-refractivity contribution in [3.63, 3.8) is 0 Å². The number of hydrogen-bond donors (Lipinski definition) is 3. The summed E-state index contributed by atoms with van der Waals surface area (Å²) in [5.74, 6) is -0.272. The lowest BCUT2D eigenvalue weighted by atomic mass is 10.1. The molecule has 1 aromatic rings. The van der Waals surface area contributed by atoms with Gasteiger partial charge in [-0.2, -0.15) is 0 Å². The molecule has 0 unspecified atom stereocenters. The van der Waals surface area contributed by atoms with E-state index in [1.807, 2.05) is 31.2 Å². The zero-order chi connectivity index (χ0) is 15.9. The molecule has 1 aliphatic rings. The summed E-state index contributed by atoms with van der Waals surface area (Å²) in [6, 6.07) is 7.07. The predicted octanol–water partition coefficient (Wildman–Crippen LogP) is 1.78. The molecule has 22 heavy (non-hydrogen) atoms. The van der Waals surface area contributed by atoms with Gasteiger partial charge in [0.05, 0.1) is 6.54 Å². The maximum Gasteiger partial charge on any atom is 0.242 e. The molecule has 0 saturated carbocycles. The maximum atomic E-state index is 12.0. The van der Waals surface area contributed by atoms with Crippen LogP contribution in [0.1, 0.15) is 37.8 Å². The molecule has 0 radical (unpaired) electrons. The normalized spacial score (nSPS) is 19.9. The van der Waals surface area contributed by atoms with Crippen LogP contribution in [0.4, 0.5) is 0 Å². The summed E-state index contributed by atoms with van der Waals surface area (Å²) in [4.78, 5) is 23.8. The van der Waals surface area contributed by atoms with Crippen molar-refractivity contribution < 1.29 is 9.59 Å². The number of carbonyl (C=O) groups excluding carboxylic acids is 2. The first-order valence-corrected chi connectivity index (χ1v) is 8.00. The van der Waals surface area contributed by atoms with Gasteiger partial charge in [-0.25, -0.2) is 0 Å². The van der Waals surface area contributed by atoms with Gasteiger partial charge in [0.15, 0.2) is 0 Å². The van der Waals surface area contributed by atoms with Crippen LogP contribution >= 0.6 is 11.6 Å². The van der Waals surface area contributed by atoms with Crippen LogP contribution in [0.3, 0.4) is 0 Å². The minimum Gasteiger partial charge on any atom is -0.354 e. The fourth-order valence-corrected chi connectivity index (χ4v) is 2.80. The molecule has 120 valence electrons. The lowest BCUT2D eigenvalue weighted by Gasteiger charge is -2.18. The number of carbonyl (C=O) groups is 2. The van der Waals surface area contributed by atoms with E-state index in [-0.39, 0.29) is 24.4 Å². The van der Waals surface area contributed by atoms with E-state index in [2.05, 4.69) is 16.0 Å². The monoisotopic (exact) mass is 323 g/mol. The van der Waals surface area contributed by atoms with Gasteiger partial charge in [-0.1, -0.05) is 29.8 Å². The van der Waals surface area contributed by atoms with Gasteiger partial charge in [-0.3, -0.25) is 9.59 Å². The Morgan fingerprint density at radius 2 is 2.18 bits per heavy atom. The largest absolute Gasteiger partial charge is 0.354 e. The molecule has 1 aromatic carbocycles. The van der Waals surface area contributed by atoms with E-state index in [1.54, 1.807) is 0 Å². The summed E-state index contributed by atoms with van der Waals surface area (Å²) in [5, 5.41) is 9.39. The van der Waals surface area contributed by atoms with E-state index in [0.29, 0.717) is 18.0 Å². The Morgan fingerprint density at radius 3 is 2.95 bits per heavy atom. The molecule has 2 rings (SSSR count). The molecular weight excluding hydrogens is 302 g/mol. The van der Waals surface area contributed by atoms with Gasteiger partial charge < -0.3 is 16.0 Å². The second kappa shape index (κ2) is 8.15. The summed E-state index contributed by atoms with van der Waals surface area (Å²) >= 11 is 6.13. The van der Waals surface area contributed by atoms with Crippen molar-refractivity contribution in [2.24, 2.45) is 0 Å². The summed E-state index contributed by atoms with van der Waals surface area (Å²) in [7, 11) is 0. The van der Waals surface area contributed by atoms with Crippen LogP contribution in [0.15, 0.2) is 24.3 Å². The van der Waals surface area contributed by atoms with Crippen LogP contribution in [0.2, 0.25) is 5.02 Å². The fourth-order valence-electron chi connectivity index (χ4n) is 2.50. The molecule has 1 fully saturated rings. The molecule has 1 heterocycles. The highest BCUT2D eigenvalue weighted by Crippen LogP contribution is 2.21. The van der Waals surface area contributed by atoms with Crippen LogP contribution in [-0.4, -0.2) is 30.9 Å². The van der Waals surface area contributed by atoms with E-state index < -0.39 is 6.04 Å². The highest BCUT2D eigenvalue weighted by molar-refractivity contribution is 6.31. The average molecular weight is 324 g/mol. The van der Waals surface area contributed by atoms with Crippen LogP contribution in [-0.2, 0) is 9.59 Å². The Labute approximate surface area is 135 Å². The second-order valence-electron chi connectivity index (χ2n) is 5.53. The molecule has 6 heteroatoms. The lowest BCUT2D eigenvalue weighted by Crippen LogP contribution is -2.48. The van der Waals surface area contributed by atoms with Crippen molar-refractivity contribution in [2.75, 3.05) is 13.1 Å². The quantitative estimate of drug-likeness (QED) is 0.773. The van der Waals surface area contributed by atoms with Gasteiger partial charge >= 0.3 is 0 Å². The Hall–Kier alpha value is -1.59. The van der Waals surface area contributed by atoms with Crippen LogP contribution < -0.4 is 16.0 Å². The molecule has 0 spiro atoms. The summed E-state index contributed by atoms with van der Waals surface area (Å²) < 4.78 is 0. The van der Waals surface area contributed by atoms with Crippen molar-refractivity contribution in [3.05, 3.63) is 34.9 Å². The van der Waals surface area contributed by atoms with E-state index in [1.165, 1.54) is 0 Å². The molecule has 0 aliphatic carbocycles. The minimum atomic E-state index is -0.424. The number of halogens is 1. The number of nitrogens with one attached hydrogen (secondary N) is 3. The fraction of sp³-hybridized carbons (Fsp3) is 0.500. The Bertz CT molecular complexity index is 536. The van der Waals surface area contributed by atoms with Gasteiger partial charge in [-0.05, 0) is 37.8 Å². The van der Waals surface area contributed by atoms with Crippen LogP contribution in [0.25, 0.3) is 0 Å². The van der Waals surface area contributed by atoms with Crippen molar-refractivity contribution in [2.45, 2.75) is 38.3 Å². The first-order chi connectivity index (χ1) is 10.6. The molecule has 1 aliphatic heterocycles. The zero-order valence-electron chi connectivity index (χ0n) is 12.7. The average Bonchev–Trinajstić information content (AvgIpc) is 2.70. The minimum absolute atomic E-state index is 0.0394. The molecule has 1 saturated heterocycles. The van der Waals surface area contributed by atoms with E-state index >= 15 is 0 Å². The molecule has 2 atom stereocenters. The number of amides is 2. The number of benzene rings is 1. The molecule has 2 amide bonds. The second-order valence-corrected chi connectivity index (χ2v) is 5.94. The SMILES string of the molecule is C[C@@H](NCC(=O)N[C@H]1CCCCNC1=O)c1ccccc1Cl. The van der Waals surface area contributed by atoms with Gasteiger partial charge in [0.1, 0.15) is 6.04 Å². The lowest BCUT2D eigenvalue weighted by molar-refractivity contribution is -0.128. The third-order valence-electron chi connectivity index (χ3n) is 3.81. The van der Waals surface area contributed by atoms with E-state index in [9.17, 15) is 9.59 Å². The predicted molar refractivity (Wildman–Crippen MR) is 86.7 cm³/mol. The van der Waals surface area contributed by atoms with E-state index in [0.717, 1.165) is 18.4 Å². The first-order valence-electron chi connectivity index (χ1n) is 7.63. The van der Waals surface area contributed by atoms with Crippen molar-refractivity contribution in [1.82, 2.24) is 16.0 Å². The zero-order valence-corrected chi connectivity index (χ0v) is 13.5. The van der Waals surface area contributed by atoms with Crippen molar-refractivity contribution in [1.29, 1.82) is 0 Å². The summed E-state index contributed by atoms with van der Waals surface area (Å²) in [6.45, 7) is 2.79. The third-order valence-corrected chi connectivity index (χ3v) is 4.16. The van der Waals surface area contributed by atoms with Gasteiger partial charge in [0, 0.05) is 17.6 Å². The summed E-state index contributed by atoms with van der Waals surface area (Å²) in [5.41, 5.74) is 0.948. The Morgan fingerprint density at radius 1 is 1.41 bits per heavy atom. The van der Waals surface area contributed by atoms with Crippen LogP contribution in [0.5, 0.6) is 0 Å². The van der Waals surface area contributed by atoms with E-state index in [4.69, 9.17) is 11.6 Å². The van der Waals surface area contributed by atoms with Crippen LogP contribution in [0, 0.1) is 0 Å². The first kappa shape index (κ1) is 16.8. The highest BCUT2D eigenvalue weighted by Gasteiger charge is 2.22. The Balaban J connectivity index is 1.82. The molecular formula is C16H22ClN3O2. The van der Waals surface area contributed by atoms with Gasteiger partial charge in [0.2, 0.25) is 11.8 Å². The molecule has 5 nitrogen and oxygen atoms in total. The number of hydrogen-bond acceptors (Lipinski definition) is 3. The number of rotatable bonds is 5. The summed E-state index contributed by atoms with van der Waals surface area (Å²) in [6.07, 6.45) is 2.59. The van der Waals surface area contributed by atoms with Crippen molar-refractivity contribution >= 4 is 23.4 Å². The molecule has 3 N–H and O–H groups in total. The van der Waals surface area contributed by atoms with Gasteiger partial charge in [-0.15, -0.1) is 0 Å². The maximum absolute atomic E-state index is 12.0. The van der Waals surface area contributed by atoms with Gasteiger partial charge in [0.25, 0.3) is 0 Å². The molecule has 0 aromatic heterocycles.